The lowest BCUT2D eigenvalue weighted by Crippen LogP contribution is -2.42. The molecule has 0 aromatic rings. The fraction of sp³-hybridized carbons (Fsp3) is 0.875. The molecule has 1 atom stereocenters. The maximum Gasteiger partial charge on any atom is 0.319 e. The van der Waals surface area contributed by atoms with Crippen LogP contribution in [0.1, 0.15) is 51.4 Å². The summed E-state index contributed by atoms with van der Waals surface area (Å²) in [5, 5.41) is 8.73. The predicted octanol–water partition coefficient (Wildman–Crippen LogP) is 2.81. The van der Waals surface area contributed by atoms with Crippen LogP contribution in [-0.4, -0.2) is 53.6 Å². The van der Waals surface area contributed by atoms with Gasteiger partial charge in [-0.2, -0.15) is 0 Å². The molecule has 2 fully saturated rings. The van der Waals surface area contributed by atoms with Gasteiger partial charge in [-0.15, -0.1) is 0 Å². The Hall–Kier alpha value is -1.26. The summed E-state index contributed by atoms with van der Waals surface area (Å²) in [7, 11) is 1.90. The van der Waals surface area contributed by atoms with E-state index in [4.69, 9.17) is 5.11 Å². The van der Waals surface area contributed by atoms with Crippen molar-refractivity contribution in [1.29, 1.82) is 0 Å². The van der Waals surface area contributed by atoms with Crippen molar-refractivity contribution in [1.82, 2.24) is 9.80 Å². The Morgan fingerprint density at radius 2 is 1.86 bits per heavy atom. The number of nitrogens with zero attached hydrogens (tertiary/aromatic N) is 2. The number of carboxylic acids is 1. The summed E-state index contributed by atoms with van der Waals surface area (Å²) < 4.78 is 0. The molecule has 5 nitrogen and oxygen atoms in total. The first-order chi connectivity index (χ1) is 10.1. The maximum absolute atomic E-state index is 12.4. The number of carbonyl (C=O) groups excluding carboxylic acids is 1. The zero-order chi connectivity index (χ0) is 15.2. The molecule has 0 spiro atoms. The quantitative estimate of drug-likeness (QED) is 0.848. The van der Waals surface area contributed by atoms with E-state index in [0.717, 1.165) is 26.1 Å². The highest BCUT2D eigenvalue weighted by Gasteiger charge is 2.29. The Balaban J connectivity index is 1.73. The van der Waals surface area contributed by atoms with Crippen LogP contribution in [0.5, 0.6) is 0 Å². The second kappa shape index (κ2) is 7.66. The molecule has 1 heterocycles. The molecule has 1 aliphatic carbocycles. The molecule has 2 amide bonds. The topological polar surface area (TPSA) is 60.9 Å². The minimum atomic E-state index is -0.741. The third-order valence-corrected chi connectivity index (χ3v) is 4.91. The van der Waals surface area contributed by atoms with Gasteiger partial charge in [0.2, 0.25) is 0 Å². The molecule has 1 saturated heterocycles. The largest absolute Gasteiger partial charge is 0.481 e. The summed E-state index contributed by atoms with van der Waals surface area (Å²) >= 11 is 0. The fourth-order valence-corrected chi connectivity index (χ4v) is 3.65. The zero-order valence-electron chi connectivity index (χ0n) is 13.1. The molecule has 5 heteroatoms. The van der Waals surface area contributed by atoms with Crippen molar-refractivity contribution in [3.05, 3.63) is 0 Å². The molecule has 0 bridgehead atoms. The molecule has 21 heavy (non-hydrogen) atoms. The first-order valence-corrected chi connectivity index (χ1v) is 8.28. The van der Waals surface area contributed by atoms with Gasteiger partial charge in [-0.25, -0.2) is 4.79 Å². The minimum Gasteiger partial charge on any atom is -0.481 e. The average molecular weight is 296 g/mol. The second-order valence-electron chi connectivity index (χ2n) is 6.70. The van der Waals surface area contributed by atoms with E-state index in [9.17, 15) is 9.59 Å². The number of carboxylic acid groups (broad SMARTS) is 1. The van der Waals surface area contributed by atoms with Gasteiger partial charge in [0.1, 0.15) is 0 Å². The van der Waals surface area contributed by atoms with Gasteiger partial charge in [-0.05, 0) is 37.5 Å². The van der Waals surface area contributed by atoms with E-state index in [-0.39, 0.29) is 12.5 Å². The van der Waals surface area contributed by atoms with Crippen LogP contribution in [-0.2, 0) is 4.79 Å². The van der Waals surface area contributed by atoms with E-state index in [1.165, 1.54) is 32.1 Å². The second-order valence-corrected chi connectivity index (χ2v) is 6.70. The van der Waals surface area contributed by atoms with E-state index in [1.807, 2.05) is 16.8 Å². The SMILES string of the molecule is CN(CC1CCCCC1)C(=O)N1CCC(CCC(=O)O)C1. The van der Waals surface area contributed by atoms with Crippen LogP contribution < -0.4 is 0 Å². The third kappa shape index (κ3) is 4.90. The Morgan fingerprint density at radius 1 is 1.14 bits per heavy atom. The smallest absolute Gasteiger partial charge is 0.319 e. The third-order valence-electron chi connectivity index (χ3n) is 4.91. The van der Waals surface area contributed by atoms with E-state index >= 15 is 0 Å². The standard InChI is InChI=1S/C16H28N2O3/c1-17(11-13-5-3-2-4-6-13)16(21)18-10-9-14(12-18)7-8-15(19)20/h13-14H,2-12H2,1H3,(H,19,20). The molecule has 0 aromatic carbocycles. The van der Waals surface area contributed by atoms with Crippen molar-refractivity contribution in [2.45, 2.75) is 51.4 Å². The Morgan fingerprint density at radius 3 is 2.52 bits per heavy atom. The van der Waals surface area contributed by atoms with Gasteiger partial charge in [0.05, 0.1) is 0 Å². The fourth-order valence-electron chi connectivity index (χ4n) is 3.65. The Labute approximate surface area is 127 Å². The number of rotatable bonds is 5. The van der Waals surface area contributed by atoms with Crippen LogP contribution in [0.4, 0.5) is 4.79 Å². The van der Waals surface area contributed by atoms with Gasteiger partial charge >= 0.3 is 12.0 Å². The molecule has 1 saturated carbocycles. The molecule has 0 radical (unpaired) electrons. The van der Waals surface area contributed by atoms with Gasteiger partial charge in [0, 0.05) is 33.1 Å². The molecule has 120 valence electrons. The number of urea groups is 1. The van der Waals surface area contributed by atoms with Crippen molar-refractivity contribution >= 4 is 12.0 Å². The Kier molecular flexibility index (Phi) is 5.88. The van der Waals surface area contributed by atoms with E-state index < -0.39 is 5.97 Å². The minimum absolute atomic E-state index is 0.124. The monoisotopic (exact) mass is 296 g/mol. The summed E-state index contributed by atoms with van der Waals surface area (Å²) in [5.74, 6) is 0.278. The molecular formula is C16H28N2O3. The van der Waals surface area contributed by atoms with E-state index in [0.29, 0.717) is 18.3 Å². The number of hydrogen-bond donors (Lipinski definition) is 1. The van der Waals surface area contributed by atoms with Crippen molar-refractivity contribution in [3.63, 3.8) is 0 Å². The van der Waals surface area contributed by atoms with Gasteiger partial charge in [0.25, 0.3) is 0 Å². The van der Waals surface area contributed by atoms with Gasteiger partial charge in [0.15, 0.2) is 0 Å². The zero-order valence-corrected chi connectivity index (χ0v) is 13.1. The normalized spacial score (nSPS) is 23.3. The summed E-state index contributed by atoms with van der Waals surface area (Å²) in [6.45, 7) is 2.37. The summed E-state index contributed by atoms with van der Waals surface area (Å²) in [5.41, 5.74) is 0. The van der Waals surface area contributed by atoms with Crippen LogP contribution in [0.15, 0.2) is 0 Å². The Bertz CT molecular complexity index is 367. The first-order valence-electron chi connectivity index (χ1n) is 8.28. The van der Waals surface area contributed by atoms with Crippen molar-refractivity contribution in [2.75, 3.05) is 26.7 Å². The summed E-state index contributed by atoms with van der Waals surface area (Å²) in [4.78, 5) is 26.8. The highest BCUT2D eigenvalue weighted by Crippen LogP contribution is 2.26. The van der Waals surface area contributed by atoms with Crippen molar-refractivity contribution in [2.24, 2.45) is 11.8 Å². The van der Waals surface area contributed by atoms with Crippen molar-refractivity contribution in [3.8, 4) is 0 Å². The van der Waals surface area contributed by atoms with Gasteiger partial charge < -0.3 is 14.9 Å². The number of carbonyl (C=O) groups is 2. The highest BCUT2D eigenvalue weighted by molar-refractivity contribution is 5.74. The van der Waals surface area contributed by atoms with Crippen LogP contribution in [0.3, 0.4) is 0 Å². The molecule has 2 rings (SSSR count). The van der Waals surface area contributed by atoms with Crippen LogP contribution >= 0.6 is 0 Å². The van der Waals surface area contributed by atoms with Crippen LogP contribution in [0.2, 0.25) is 0 Å². The number of likely N-dealkylation sites (tertiary alicyclic amines) is 1. The first kappa shape index (κ1) is 16.1. The molecule has 1 unspecified atom stereocenters. The maximum atomic E-state index is 12.4. The van der Waals surface area contributed by atoms with E-state index in [1.54, 1.807) is 0 Å². The lowest BCUT2D eigenvalue weighted by molar-refractivity contribution is -0.137. The number of aliphatic carboxylic acids is 1. The van der Waals surface area contributed by atoms with Crippen molar-refractivity contribution < 1.29 is 14.7 Å². The predicted molar refractivity (Wildman–Crippen MR) is 81.2 cm³/mol. The molecule has 2 aliphatic rings. The summed E-state index contributed by atoms with van der Waals surface area (Å²) in [6.07, 6.45) is 8.27. The average Bonchev–Trinajstić information content (AvgIpc) is 2.94. The van der Waals surface area contributed by atoms with Crippen LogP contribution in [0, 0.1) is 11.8 Å². The number of amides is 2. The lowest BCUT2D eigenvalue weighted by atomic mass is 9.89. The number of hydrogen-bond acceptors (Lipinski definition) is 2. The van der Waals surface area contributed by atoms with Crippen LogP contribution in [0.25, 0.3) is 0 Å². The van der Waals surface area contributed by atoms with E-state index in [2.05, 4.69) is 0 Å². The molecule has 1 N–H and O–H groups in total. The summed E-state index contributed by atoms with van der Waals surface area (Å²) in [6, 6.07) is 0.124. The molecule has 0 aromatic heterocycles. The lowest BCUT2D eigenvalue weighted by Gasteiger charge is -2.30. The molecular weight excluding hydrogens is 268 g/mol. The van der Waals surface area contributed by atoms with Gasteiger partial charge in [-0.1, -0.05) is 19.3 Å². The molecule has 1 aliphatic heterocycles. The van der Waals surface area contributed by atoms with Gasteiger partial charge in [-0.3, -0.25) is 4.79 Å². The highest BCUT2D eigenvalue weighted by atomic mass is 16.4.